The van der Waals surface area contributed by atoms with Gasteiger partial charge in [0.1, 0.15) is 0 Å². The van der Waals surface area contributed by atoms with Crippen molar-refractivity contribution in [3.63, 3.8) is 0 Å². The van der Waals surface area contributed by atoms with Crippen LogP contribution in [0.1, 0.15) is 38.3 Å². The molecular formula is C16H25N3O2. The van der Waals surface area contributed by atoms with E-state index in [0.29, 0.717) is 19.8 Å². The van der Waals surface area contributed by atoms with E-state index in [1.807, 2.05) is 18.2 Å². The molecule has 1 aromatic rings. The number of nitrogens with two attached hydrogens (primary N) is 1. The second-order valence-corrected chi connectivity index (χ2v) is 5.82. The molecule has 1 heterocycles. The molecule has 1 aromatic heterocycles. The number of ether oxygens (including phenoxy) is 1. The molecule has 0 aromatic carbocycles. The third-order valence-corrected chi connectivity index (χ3v) is 4.16. The summed E-state index contributed by atoms with van der Waals surface area (Å²) >= 11 is 0. The summed E-state index contributed by atoms with van der Waals surface area (Å²) in [6.45, 7) is 3.78. The number of urea groups is 1. The van der Waals surface area contributed by atoms with Gasteiger partial charge in [0, 0.05) is 18.8 Å². The monoisotopic (exact) mass is 291 g/mol. The average molecular weight is 291 g/mol. The van der Waals surface area contributed by atoms with Gasteiger partial charge in [0.25, 0.3) is 0 Å². The first kappa shape index (κ1) is 15.8. The van der Waals surface area contributed by atoms with Crippen molar-refractivity contribution in [3.8, 4) is 0 Å². The van der Waals surface area contributed by atoms with Crippen LogP contribution in [0.5, 0.6) is 0 Å². The van der Waals surface area contributed by atoms with Gasteiger partial charge in [-0.05, 0) is 43.7 Å². The Kier molecular flexibility index (Phi) is 5.99. The fourth-order valence-electron chi connectivity index (χ4n) is 2.85. The number of primary amides is 1. The van der Waals surface area contributed by atoms with Crippen LogP contribution < -0.4 is 5.73 Å². The van der Waals surface area contributed by atoms with Gasteiger partial charge in [0.2, 0.25) is 0 Å². The Bertz CT molecular complexity index is 430. The quantitative estimate of drug-likeness (QED) is 0.819. The zero-order chi connectivity index (χ0) is 15.1. The predicted octanol–water partition coefficient (Wildman–Crippen LogP) is 2.56. The Hall–Kier alpha value is -1.62. The average Bonchev–Trinajstić information content (AvgIpc) is 2.49. The van der Waals surface area contributed by atoms with Gasteiger partial charge in [0.15, 0.2) is 0 Å². The number of hydrogen-bond donors (Lipinski definition) is 1. The summed E-state index contributed by atoms with van der Waals surface area (Å²) in [7, 11) is 0. The molecular weight excluding hydrogens is 266 g/mol. The minimum Gasteiger partial charge on any atom is -0.373 e. The number of rotatable bonds is 6. The second kappa shape index (κ2) is 7.98. The van der Waals surface area contributed by atoms with Crippen molar-refractivity contribution in [3.05, 3.63) is 30.1 Å². The Balaban J connectivity index is 1.74. The molecule has 1 saturated carbocycles. The van der Waals surface area contributed by atoms with Gasteiger partial charge in [-0.25, -0.2) is 4.79 Å². The molecule has 0 saturated heterocycles. The van der Waals surface area contributed by atoms with E-state index in [1.165, 1.54) is 12.8 Å². The minimum atomic E-state index is -0.337. The van der Waals surface area contributed by atoms with E-state index in [-0.39, 0.29) is 12.1 Å². The molecule has 2 amide bonds. The number of hydrogen-bond acceptors (Lipinski definition) is 3. The molecule has 0 aliphatic heterocycles. The van der Waals surface area contributed by atoms with Gasteiger partial charge >= 0.3 is 6.03 Å². The van der Waals surface area contributed by atoms with Gasteiger partial charge < -0.3 is 15.4 Å². The lowest BCUT2D eigenvalue weighted by atomic mass is 9.86. The Morgan fingerprint density at radius 2 is 2.14 bits per heavy atom. The van der Waals surface area contributed by atoms with E-state index in [9.17, 15) is 4.79 Å². The van der Waals surface area contributed by atoms with E-state index in [0.717, 1.165) is 24.5 Å². The molecule has 0 bridgehead atoms. The van der Waals surface area contributed by atoms with E-state index in [4.69, 9.17) is 10.5 Å². The Labute approximate surface area is 126 Å². The molecule has 0 unspecified atom stereocenters. The van der Waals surface area contributed by atoms with Gasteiger partial charge in [0.05, 0.1) is 18.9 Å². The van der Waals surface area contributed by atoms with E-state index < -0.39 is 0 Å². The van der Waals surface area contributed by atoms with Crippen molar-refractivity contribution >= 4 is 6.03 Å². The molecule has 5 nitrogen and oxygen atoms in total. The summed E-state index contributed by atoms with van der Waals surface area (Å²) in [5, 5.41) is 0. The maximum Gasteiger partial charge on any atom is 0.315 e. The normalized spacial score (nSPS) is 22.0. The highest BCUT2D eigenvalue weighted by atomic mass is 16.5. The molecule has 0 spiro atoms. The van der Waals surface area contributed by atoms with E-state index in [2.05, 4.69) is 11.9 Å². The molecule has 21 heavy (non-hydrogen) atoms. The first-order valence-corrected chi connectivity index (χ1v) is 7.70. The van der Waals surface area contributed by atoms with Crippen LogP contribution in [0.4, 0.5) is 4.79 Å². The standard InChI is InChI=1S/C16H25N3O2/c1-13-5-7-15(8-6-13)19(16(17)20)10-11-21-12-14-4-2-3-9-18-14/h2-4,9,13,15H,5-8,10-12H2,1H3,(H2,17,20). The summed E-state index contributed by atoms with van der Waals surface area (Å²) < 4.78 is 5.60. The zero-order valence-corrected chi connectivity index (χ0v) is 12.7. The van der Waals surface area contributed by atoms with Crippen LogP contribution in [0.15, 0.2) is 24.4 Å². The van der Waals surface area contributed by atoms with Crippen LogP contribution in [0, 0.1) is 5.92 Å². The summed E-state index contributed by atoms with van der Waals surface area (Å²) in [5.74, 6) is 0.761. The van der Waals surface area contributed by atoms with Crippen molar-refractivity contribution in [2.75, 3.05) is 13.2 Å². The van der Waals surface area contributed by atoms with Crippen LogP contribution in [0.25, 0.3) is 0 Å². The van der Waals surface area contributed by atoms with Crippen LogP contribution in [0.2, 0.25) is 0 Å². The predicted molar refractivity (Wildman–Crippen MR) is 81.6 cm³/mol. The minimum absolute atomic E-state index is 0.275. The lowest BCUT2D eigenvalue weighted by Crippen LogP contribution is -2.46. The number of carbonyl (C=O) groups excluding carboxylic acids is 1. The lowest BCUT2D eigenvalue weighted by molar-refractivity contribution is 0.0787. The fourth-order valence-corrected chi connectivity index (χ4v) is 2.85. The molecule has 1 fully saturated rings. The zero-order valence-electron chi connectivity index (χ0n) is 12.7. The number of amides is 2. The summed E-state index contributed by atoms with van der Waals surface area (Å²) in [6, 6.07) is 5.68. The Morgan fingerprint density at radius 3 is 2.76 bits per heavy atom. The molecule has 0 atom stereocenters. The van der Waals surface area contributed by atoms with Crippen molar-refractivity contribution < 1.29 is 9.53 Å². The van der Waals surface area contributed by atoms with Crippen molar-refractivity contribution in [2.24, 2.45) is 11.7 Å². The number of nitrogens with zero attached hydrogens (tertiary/aromatic N) is 2. The van der Waals surface area contributed by atoms with Gasteiger partial charge in [-0.1, -0.05) is 13.0 Å². The first-order chi connectivity index (χ1) is 10.2. The molecule has 1 aliphatic carbocycles. The van der Waals surface area contributed by atoms with Gasteiger partial charge in [-0.15, -0.1) is 0 Å². The van der Waals surface area contributed by atoms with Crippen LogP contribution in [-0.4, -0.2) is 35.1 Å². The van der Waals surface area contributed by atoms with Gasteiger partial charge in [-0.3, -0.25) is 4.98 Å². The topological polar surface area (TPSA) is 68.4 Å². The Morgan fingerprint density at radius 1 is 1.38 bits per heavy atom. The largest absolute Gasteiger partial charge is 0.373 e. The second-order valence-electron chi connectivity index (χ2n) is 5.82. The smallest absolute Gasteiger partial charge is 0.315 e. The molecule has 2 N–H and O–H groups in total. The van der Waals surface area contributed by atoms with Crippen LogP contribution in [-0.2, 0) is 11.3 Å². The summed E-state index contributed by atoms with van der Waals surface area (Å²) in [5.41, 5.74) is 6.41. The highest BCUT2D eigenvalue weighted by Gasteiger charge is 2.25. The third kappa shape index (κ3) is 5.01. The molecule has 5 heteroatoms. The third-order valence-electron chi connectivity index (χ3n) is 4.16. The number of aromatic nitrogens is 1. The molecule has 1 aliphatic rings. The molecule has 116 valence electrons. The highest BCUT2D eigenvalue weighted by molar-refractivity contribution is 5.72. The van der Waals surface area contributed by atoms with Crippen LogP contribution in [0.3, 0.4) is 0 Å². The highest BCUT2D eigenvalue weighted by Crippen LogP contribution is 2.26. The van der Waals surface area contributed by atoms with Crippen molar-refractivity contribution in [1.29, 1.82) is 0 Å². The van der Waals surface area contributed by atoms with Crippen LogP contribution >= 0.6 is 0 Å². The molecule has 0 radical (unpaired) electrons. The first-order valence-electron chi connectivity index (χ1n) is 7.70. The van der Waals surface area contributed by atoms with E-state index in [1.54, 1.807) is 11.1 Å². The van der Waals surface area contributed by atoms with Crippen molar-refractivity contribution in [1.82, 2.24) is 9.88 Å². The maximum absolute atomic E-state index is 11.6. The SMILES string of the molecule is CC1CCC(N(CCOCc2ccccn2)C(N)=O)CC1. The number of pyridine rings is 1. The maximum atomic E-state index is 11.6. The van der Waals surface area contributed by atoms with E-state index >= 15 is 0 Å². The number of carbonyl (C=O) groups is 1. The fraction of sp³-hybridized carbons (Fsp3) is 0.625. The van der Waals surface area contributed by atoms with Gasteiger partial charge in [-0.2, -0.15) is 0 Å². The summed E-state index contributed by atoms with van der Waals surface area (Å²) in [4.78, 5) is 17.6. The van der Waals surface area contributed by atoms with Crippen molar-refractivity contribution in [2.45, 2.75) is 45.3 Å². The molecule has 2 rings (SSSR count). The summed E-state index contributed by atoms with van der Waals surface area (Å²) in [6.07, 6.45) is 6.18. The lowest BCUT2D eigenvalue weighted by Gasteiger charge is -2.35.